The first-order chi connectivity index (χ1) is 14.6. The predicted octanol–water partition coefficient (Wildman–Crippen LogP) is 3.65. The molecule has 1 aliphatic rings. The Morgan fingerprint density at radius 2 is 1.90 bits per heavy atom. The van der Waals surface area contributed by atoms with E-state index in [1.807, 2.05) is 25.8 Å². The molecule has 0 amide bonds. The maximum absolute atomic E-state index is 13.9. The number of nitrogens with zero attached hydrogens (tertiary/aromatic N) is 4. The van der Waals surface area contributed by atoms with E-state index in [4.69, 9.17) is 0 Å². The van der Waals surface area contributed by atoms with E-state index in [9.17, 15) is 18.0 Å². The molecule has 0 saturated carbocycles. The number of benzene rings is 1. The minimum absolute atomic E-state index is 0.00251. The number of hydrogen-bond donors (Lipinski definition) is 0. The van der Waals surface area contributed by atoms with Gasteiger partial charge in [0.15, 0.2) is 5.69 Å². The van der Waals surface area contributed by atoms with Crippen molar-refractivity contribution in [3.63, 3.8) is 0 Å². The van der Waals surface area contributed by atoms with Gasteiger partial charge in [-0.15, -0.1) is 0 Å². The number of halogens is 3. The number of carbonyl (C=O) groups excluding carboxylic acids is 1. The first-order valence-corrected chi connectivity index (χ1v) is 10.2. The van der Waals surface area contributed by atoms with Gasteiger partial charge >= 0.3 is 12.1 Å². The second-order valence-electron chi connectivity index (χ2n) is 8.17. The molecule has 1 aliphatic heterocycles. The van der Waals surface area contributed by atoms with Gasteiger partial charge in [0, 0.05) is 43.9 Å². The zero-order chi connectivity index (χ0) is 22.8. The molecule has 1 fully saturated rings. The van der Waals surface area contributed by atoms with Gasteiger partial charge in [-0.1, -0.05) is 26.0 Å². The number of ether oxygens (including phenoxy) is 1. The van der Waals surface area contributed by atoms with E-state index in [-0.39, 0.29) is 29.9 Å². The van der Waals surface area contributed by atoms with Gasteiger partial charge in [0.1, 0.15) is 0 Å². The van der Waals surface area contributed by atoms with Crippen LogP contribution in [-0.2, 0) is 17.3 Å². The highest BCUT2D eigenvalue weighted by atomic mass is 19.4. The van der Waals surface area contributed by atoms with E-state index in [0.717, 1.165) is 13.1 Å². The molecule has 1 aromatic heterocycles. The fraction of sp³-hybridized carbons (Fsp3) is 0.500. The second kappa shape index (κ2) is 9.21. The lowest BCUT2D eigenvalue weighted by atomic mass is 10.00. The summed E-state index contributed by atoms with van der Waals surface area (Å²) < 4.78 is 46.2. The molecule has 0 spiro atoms. The normalized spacial score (nSPS) is 17.8. The van der Waals surface area contributed by atoms with Crippen LogP contribution in [0.1, 0.15) is 41.0 Å². The Hall–Kier alpha value is -2.68. The smallest absolute Gasteiger partial charge is 0.433 e. The molecule has 9 heteroatoms. The Morgan fingerprint density at radius 3 is 2.48 bits per heavy atom. The summed E-state index contributed by atoms with van der Waals surface area (Å²) in [5.74, 6) is -0.139. The number of esters is 1. The average molecular weight is 436 g/mol. The number of anilines is 1. The van der Waals surface area contributed by atoms with Crippen molar-refractivity contribution in [3.05, 3.63) is 52.8 Å². The maximum atomic E-state index is 13.9. The second-order valence-corrected chi connectivity index (χ2v) is 8.17. The maximum Gasteiger partial charge on any atom is 0.433 e. The number of alkyl halides is 3. The van der Waals surface area contributed by atoms with Crippen LogP contribution in [0.3, 0.4) is 0 Å². The third kappa shape index (κ3) is 5.33. The highest BCUT2D eigenvalue weighted by molar-refractivity contribution is 5.89. The fourth-order valence-corrected chi connectivity index (χ4v) is 3.78. The Balaban J connectivity index is 1.91. The number of methoxy groups -OCH3 is 1. The van der Waals surface area contributed by atoms with Gasteiger partial charge in [0.2, 0.25) is 5.95 Å². The van der Waals surface area contributed by atoms with Crippen molar-refractivity contribution in [3.8, 4) is 0 Å². The minimum Gasteiger partial charge on any atom is -0.465 e. The van der Waals surface area contributed by atoms with Gasteiger partial charge < -0.3 is 14.5 Å². The van der Waals surface area contributed by atoms with Crippen molar-refractivity contribution in [2.45, 2.75) is 32.5 Å². The van der Waals surface area contributed by atoms with Crippen LogP contribution < -0.4 is 4.90 Å². The Labute approximate surface area is 180 Å². The summed E-state index contributed by atoms with van der Waals surface area (Å²) in [7, 11) is 3.28. The van der Waals surface area contributed by atoms with Crippen molar-refractivity contribution in [2.24, 2.45) is 5.92 Å². The van der Waals surface area contributed by atoms with Crippen LogP contribution in [0.15, 0.2) is 30.5 Å². The van der Waals surface area contributed by atoms with Crippen LogP contribution in [-0.4, -0.2) is 60.7 Å². The van der Waals surface area contributed by atoms with E-state index in [1.165, 1.54) is 25.4 Å². The summed E-state index contributed by atoms with van der Waals surface area (Å²) in [5.41, 5.74) is 0.0334. The molecule has 0 radical (unpaired) electrons. The fourth-order valence-electron chi connectivity index (χ4n) is 3.78. The first kappa shape index (κ1) is 23.0. The van der Waals surface area contributed by atoms with Crippen molar-refractivity contribution in [2.75, 3.05) is 38.7 Å². The monoisotopic (exact) mass is 436 g/mol. The van der Waals surface area contributed by atoms with Gasteiger partial charge in [0.25, 0.3) is 0 Å². The SMILES string of the molecule is COC(=O)c1ccc(Cc2cnc(N3CCN(C)C[C@H]3C(C)C)nc2C(F)(F)F)cc1. The van der Waals surface area contributed by atoms with Crippen LogP contribution in [0.5, 0.6) is 0 Å². The lowest BCUT2D eigenvalue weighted by Crippen LogP contribution is -2.54. The molecule has 2 heterocycles. The number of hydrogen-bond acceptors (Lipinski definition) is 6. The molecule has 168 valence electrons. The first-order valence-electron chi connectivity index (χ1n) is 10.2. The van der Waals surface area contributed by atoms with E-state index < -0.39 is 17.8 Å². The third-order valence-electron chi connectivity index (χ3n) is 5.54. The molecular formula is C22H27F3N4O2. The van der Waals surface area contributed by atoms with E-state index in [2.05, 4.69) is 19.6 Å². The largest absolute Gasteiger partial charge is 0.465 e. The van der Waals surface area contributed by atoms with Crippen LogP contribution in [0, 0.1) is 5.92 Å². The standard InChI is InChI=1S/C22H27F3N4O2/c1-14(2)18-13-28(3)9-10-29(18)21-26-12-17(19(27-21)22(23,24)25)11-15-5-7-16(8-6-15)20(30)31-4/h5-8,12,14,18H,9-11,13H2,1-4H3/t18-/m0/s1. The van der Waals surface area contributed by atoms with Crippen molar-refractivity contribution < 1.29 is 22.7 Å². The topological polar surface area (TPSA) is 58.6 Å². The van der Waals surface area contributed by atoms with Crippen LogP contribution in [0.4, 0.5) is 19.1 Å². The van der Waals surface area contributed by atoms with Gasteiger partial charge in [-0.05, 0) is 30.7 Å². The van der Waals surface area contributed by atoms with Crippen molar-refractivity contribution in [1.29, 1.82) is 0 Å². The number of carbonyl (C=O) groups is 1. The number of aromatic nitrogens is 2. The summed E-state index contributed by atoms with van der Waals surface area (Å²) in [4.78, 5) is 23.9. The quantitative estimate of drug-likeness (QED) is 0.667. The van der Waals surface area contributed by atoms with Gasteiger partial charge in [-0.25, -0.2) is 14.8 Å². The Morgan fingerprint density at radius 1 is 1.23 bits per heavy atom. The van der Waals surface area contributed by atoms with E-state index >= 15 is 0 Å². The van der Waals surface area contributed by atoms with Gasteiger partial charge in [-0.2, -0.15) is 13.2 Å². The molecule has 31 heavy (non-hydrogen) atoms. The molecule has 0 bridgehead atoms. The highest BCUT2D eigenvalue weighted by Crippen LogP contribution is 2.33. The predicted molar refractivity (Wildman–Crippen MR) is 111 cm³/mol. The average Bonchev–Trinajstić information content (AvgIpc) is 2.73. The summed E-state index contributed by atoms with van der Waals surface area (Å²) in [6.07, 6.45) is -3.32. The molecule has 1 aromatic carbocycles. The third-order valence-corrected chi connectivity index (χ3v) is 5.54. The summed E-state index contributed by atoms with van der Waals surface area (Å²) >= 11 is 0. The van der Waals surface area contributed by atoms with Crippen LogP contribution in [0.2, 0.25) is 0 Å². The Kier molecular flexibility index (Phi) is 6.83. The lowest BCUT2D eigenvalue weighted by molar-refractivity contribution is -0.141. The molecule has 0 unspecified atom stereocenters. The summed E-state index contributed by atoms with van der Waals surface area (Å²) in [5, 5.41) is 0. The van der Waals surface area contributed by atoms with Crippen molar-refractivity contribution >= 4 is 11.9 Å². The van der Waals surface area contributed by atoms with E-state index in [0.29, 0.717) is 17.7 Å². The van der Waals surface area contributed by atoms with E-state index in [1.54, 1.807) is 12.1 Å². The molecular weight excluding hydrogens is 409 g/mol. The minimum atomic E-state index is -4.60. The van der Waals surface area contributed by atoms with Crippen molar-refractivity contribution in [1.82, 2.24) is 14.9 Å². The molecule has 0 aliphatic carbocycles. The summed E-state index contributed by atoms with van der Waals surface area (Å²) in [6, 6.07) is 6.31. The molecule has 1 atom stereocenters. The molecule has 2 aromatic rings. The Bertz CT molecular complexity index is 916. The highest BCUT2D eigenvalue weighted by Gasteiger charge is 2.38. The van der Waals surface area contributed by atoms with Crippen LogP contribution >= 0.6 is 0 Å². The zero-order valence-electron chi connectivity index (χ0n) is 18.1. The van der Waals surface area contributed by atoms with Crippen LogP contribution in [0.25, 0.3) is 0 Å². The lowest BCUT2D eigenvalue weighted by Gasteiger charge is -2.42. The molecule has 6 nitrogen and oxygen atoms in total. The molecule has 1 saturated heterocycles. The number of rotatable bonds is 5. The number of likely N-dealkylation sites (N-methyl/N-ethyl adjacent to an activating group) is 1. The zero-order valence-corrected chi connectivity index (χ0v) is 18.1. The molecule has 3 rings (SSSR count). The molecule has 0 N–H and O–H groups in total. The number of piperazine rings is 1. The summed E-state index contributed by atoms with van der Waals surface area (Å²) in [6.45, 7) is 6.16. The van der Waals surface area contributed by atoms with Gasteiger partial charge in [-0.3, -0.25) is 0 Å². The van der Waals surface area contributed by atoms with Gasteiger partial charge in [0.05, 0.1) is 12.7 Å².